The zero-order valence-electron chi connectivity index (χ0n) is 10.4. The minimum absolute atomic E-state index is 0.744. The summed E-state index contributed by atoms with van der Waals surface area (Å²) >= 11 is 9.28. The molecule has 0 amide bonds. The van der Waals surface area contributed by atoms with E-state index in [0.29, 0.717) is 0 Å². The molecule has 1 unspecified atom stereocenters. The van der Waals surface area contributed by atoms with Gasteiger partial charge in [0.25, 0.3) is 0 Å². The highest BCUT2D eigenvalue weighted by atomic mass is 79.9. The molecule has 0 fully saturated rings. The van der Waals surface area contributed by atoms with Gasteiger partial charge in [-0.05, 0) is 65.6 Å². The number of halogens is 2. The summed E-state index contributed by atoms with van der Waals surface area (Å²) in [5, 5.41) is 0. The predicted molar refractivity (Wildman–Crippen MR) is 77.0 cm³/mol. The SMILES string of the molecule is CCCC1=C(C=C(Cl)Br)CCCC1CCC. The third-order valence-electron chi connectivity index (χ3n) is 3.34. The van der Waals surface area contributed by atoms with Crippen molar-refractivity contribution in [3.05, 3.63) is 21.2 Å². The minimum atomic E-state index is 0.744. The molecule has 0 N–H and O–H groups in total. The monoisotopic (exact) mass is 304 g/mol. The van der Waals surface area contributed by atoms with Crippen LogP contribution in [0.5, 0.6) is 0 Å². The Balaban J connectivity index is 2.92. The fourth-order valence-electron chi connectivity index (χ4n) is 2.73. The van der Waals surface area contributed by atoms with E-state index in [0.717, 1.165) is 9.86 Å². The van der Waals surface area contributed by atoms with Crippen LogP contribution in [0.2, 0.25) is 0 Å². The van der Waals surface area contributed by atoms with Crippen LogP contribution in [-0.2, 0) is 0 Å². The smallest absolute Gasteiger partial charge is 0.0761 e. The van der Waals surface area contributed by atoms with Crippen molar-refractivity contribution < 1.29 is 0 Å². The van der Waals surface area contributed by atoms with Crippen molar-refractivity contribution in [2.24, 2.45) is 5.92 Å². The maximum atomic E-state index is 5.94. The van der Waals surface area contributed by atoms with Crippen molar-refractivity contribution in [1.82, 2.24) is 0 Å². The van der Waals surface area contributed by atoms with E-state index in [1.807, 2.05) is 0 Å². The van der Waals surface area contributed by atoms with Crippen molar-refractivity contribution >= 4 is 27.5 Å². The Labute approximate surface area is 113 Å². The Hall–Kier alpha value is 0.250. The fraction of sp³-hybridized carbons (Fsp3) is 0.714. The molecule has 0 nitrogen and oxygen atoms in total. The first-order valence-corrected chi connectivity index (χ1v) is 7.60. The summed E-state index contributed by atoms with van der Waals surface area (Å²) in [4.78, 5) is 0. The lowest BCUT2D eigenvalue weighted by Gasteiger charge is -2.27. The summed E-state index contributed by atoms with van der Waals surface area (Å²) in [6, 6.07) is 0. The molecule has 0 aliphatic heterocycles. The van der Waals surface area contributed by atoms with Gasteiger partial charge >= 0.3 is 0 Å². The standard InChI is InChI=1S/C14H22BrCl/c1-3-6-11-8-5-9-12(10-14(15)16)13(11)7-4-2/h10-11H,3-9H2,1-2H3. The van der Waals surface area contributed by atoms with Gasteiger partial charge < -0.3 is 0 Å². The zero-order chi connectivity index (χ0) is 12.0. The topological polar surface area (TPSA) is 0 Å². The van der Waals surface area contributed by atoms with E-state index in [9.17, 15) is 0 Å². The van der Waals surface area contributed by atoms with Crippen LogP contribution in [0, 0.1) is 5.92 Å². The van der Waals surface area contributed by atoms with Gasteiger partial charge in [-0.15, -0.1) is 0 Å². The molecule has 1 aliphatic carbocycles. The predicted octanol–water partition coefficient (Wildman–Crippen LogP) is 6.16. The molecule has 0 saturated heterocycles. The molecule has 0 saturated carbocycles. The molecule has 1 atom stereocenters. The lowest BCUT2D eigenvalue weighted by atomic mass is 9.78. The Kier molecular flexibility index (Phi) is 6.75. The van der Waals surface area contributed by atoms with E-state index >= 15 is 0 Å². The number of rotatable bonds is 5. The lowest BCUT2D eigenvalue weighted by Crippen LogP contribution is -2.12. The van der Waals surface area contributed by atoms with Crippen LogP contribution >= 0.6 is 27.5 Å². The van der Waals surface area contributed by atoms with Crippen LogP contribution in [0.15, 0.2) is 21.2 Å². The van der Waals surface area contributed by atoms with E-state index in [-0.39, 0.29) is 0 Å². The number of hydrogen-bond donors (Lipinski definition) is 0. The molecule has 0 bridgehead atoms. The molecule has 2 heteroatoms. The second-order valence-electron chi connectivity index (χ2n) is 4.61. The molecule has 0 aromatic rings. The molecule has 0 heterocycles. The highest BCUT2D eigenvalue weighted by molar-refractivity contribution is 9.12. The summed E-state index contributed by atoms with van der Waals surface area (Å²) in [5.74, 6) is 0.813. The van der Waals surface area contributed by atoms with Crippen LogP contribution in [0.1, 0.15) is 58.8 Å². The van der Waals surface area contributed by atoms with Gasteiger partial charge in [-0.1, -0.05) is 43.9 Å². The maximum absolute atomic E-state index is 5.94. The molecular formula is C14H22BrCl. The number of allylic oxidation sites excluding steroid dienone is 3. The van der Waals surface area contributed by atoms with Gasteiger partial charge in [-0.25, -0.2) is 0 Å². The van der Waals surface area contributed by atoms with Gasteiger partial charge in [0.2, 0.25) is 0 Å². The van der Waals surface area contributed by atoms with E-state index in [2.05, 4.69) is 35.9 Å². The molecule has 92 valence electrons. The average Bonchev–Trinajstić information content (AvgIpc) is 2.22. The first-order chi connectivity index (χ1) is 7.69. The van der Waals surface area contributed by atoms with Gasteiger partial charge in [0.1, 0.15) is 0 Å². The number of hydrogen-bond acceptors (Lipinski definition) is 0. The van der Waals surface area contributed by atoms with E-state index in [1.54, 1.807) is 5.57 Å². The third-order valence-corrected chi connectivity index (χ3v) is 3.68. The van der Waals surface area contributed by atoms with Crippen LogP contribution in [0.4, 0.5) is 0 Å². The summed E-state index contributed by atoms with van der Waals surface area (Å²) in [5.41, 5.74) is 3.17. The van der Waals surface area contributed by atoms with Crippen LogP contribution < -0.4 is 0 Å². The zero-order valence-corrected chi connectivity index (χ0v) is 12.7. The fourth-order valence-corrected chi connectivity index (χ4v) is 3.14. The van der Waals surface area contributed by atoms with Gasteiger partial charge in [0.15, 0.2) is 0 Å². The highest BCUT2D eigenvalue weighted by Gasteiger charge is 2.20. The second-order valence-corrected chi connectivity index (χ2v) is 6.33. The second kappa shape index (κ2) is 7.55. The summed E-state index contributed by atoms with van der Waals surface area (Å²) in [6.45, 7) is 4.55. The first kappa shape index (κ1) is 14.3. The lowest BCUT2D eigenvalue weighted by molar-refractivity contribution is 0.449. The first-order valence-electron chi connectivity index (χ1n) is 6.43. The van der Waals surface area contributed by atoms with Crippen molar-refractivity contribution in [1.29, 1.82) is 0 Å². The highest BCUT2D eigenvalue weighted by Crippen LogP contribution is 2.37. The summed E-state index contributed by atoms with van der Waals surface area (Å²) in [6.07, 6.45) is 11.1. The van der Waals surface area contributed by atoms with Crippen molar-refractivity contribution in [2.75, 3.05) is 0 Å². The van der Waals surface area contributed by atoms with Gasteiger partial charge in [0.05, 0.1) is 3.94 Å². The Morgan fingerprint density at radius 3 is 2.75 bits per heavy atom. The Morgan fingerprint density at radius 1 is 1.44 bits per heavy atom. The van der Waals surface area contributed by atoms with Crippen molar-refractivity contribution in [3.63, 3.8) is 0 Å². The maximum Gasteiger partial charge on any atom is 0.0836 e. The van der Waals surface area contributed by atoms with E-state index in [4.69, 9.17) is 11.6 Å². The van der Waals surface area contributed by atoms with Crippen molar-refractivity contribution in [2.45, 2.75) is 58.8 Å². The third kappa shape index (κ3) is 4.25. The average molecular weight is 306 g/mol. The molecule has 0 aromatic carbocycles. The van der Waals surface area contributed by atoms with Crippen LogP contribution in [0.25, 0.3) is 0 Å². The summed E-state index contributed by atoms with van der Waals surface area (Å²) < 4.78 is 0.744. The molecule has 0 radical (unpaired) electrons. The quantitative estimate of drug-likeness (QED) is 0.570. The van der Waals surface area contributed by atoms with Crippen molar-refractivity contribution in [3.8, 4) is 0 Å². The summed E-state index contributed by atoms with van der Waals surface area (Å²) in [7, 11) is 0. The Bertz CT molecular complexity index is 274. The Morgan fingerprint density at radius 2 is 2.19 bits per heavy atom. The molecule has 0 aromatic heterocycles. The van der Waals surface area contributed by atoms with E-state index < -0.39 is 0 Å². The van der Waals surface area contributed by atoms with E-state index in [1.165, 1.54) is 50.5 Å². The minimum Gasteiger partial charge on any atom is -0.0761 e. The molecule has 1 rings (SSSR count). The van der Waals surface area contributed by atoms with Crippen LogP contribution in [-0.4, -0.2) is 0 Å². The van der Waals surface area contributed by atoms with Gasteiger partial charge in [-0.3, -0.25) is 0 Å². The van der Waals surface area contributed by atoms with Gasteiger partial charge in [-0.2, -0.15) is 0 Å². The normalized spacial score (nSPS) is 22.8. The largest absolute Gasteiger partial charge is 0.0836 e. The molecule has 16 heavy (non-hydrogen) atoms. The molecular weight excluding hydrogens is 284 g/mol. The van der Waals surface area contributed by atoms with Crippen LogP contribution in [0.3, 0.4) is 0 Å². The molecule has 0 spiro atoms. The molecule has 1 aliphatic rings. The van der Waals surface area contributed by atoms with Gasteiger partial charge in [0, 0.05) is 0 Å².